The van der Waals surface area contributed by atoms with Crippen molar-refractivity contribution in [2.75, 3.05) is 42.8 Å². The van der Waals surface area contributed by atoms with Gasteiger partial charge in [-0.15, -0.1) is 0 Å². The zero-order chi connectivity index (χ0) is 62.4. The molecular formula is C84H92N2O4. The summed E-state index contributed by atoms with van der Waals surface area (Å²) in [5.74, 6) is 0. The van der Waals surface area contributed by atoms with Crippen LogP contribution in [-0.4, -0.2) is 33.0 Å². The third-order valence-corrected chi connectivity index (χ3v) is 16.5. The second-order valence-corrected chi connectivity index (χ2v) is 23.4. The van der Waals surface area contributed by atoms with Gasteiger partial charge in [0.25, 0.3) is 0 Å². The van der Waals surface area contributed by atoms with Gasteiger partial charge >= 0.3 is 0 Å². The van der Waals surface area contributed by atoms with E-state index in [1.807, 2.05) is 24.3 Å². The number of hydrogen-bond acceptors (Lipinski definition) is 6. The summed E-state index contributed by atoms with van der Waals surface area (Å²) in [7, 11) is 0. The Balaban J connectivity index is 0.835. The van der Waals surface area contributed by atoms with E-state index < -0.39 is 0 Å². The lowest BCUT2D eigenvalue weighted by atomic mass is 10.0. The minimum Gasteiger partial charge on any atom is -0.377 e. The van der Waals surface area contributed by atoms with Crippen molar-refractivity contribution < 1.29 is 18.9 Å². The molecule has 0 fully saturated rings. The maximum absolute atomic E-state index is 6.08. The standard InChI is InChI=1S/C84H92N2O4/c1-6-66(4)22-23-67(5)62-87-58-12-18-70-34-46-79(47-35-70)85(81-50-38-72(39-51-81)20-14-60-89-64-77-30-24-68(7-2)25-31-77)83-54-42-74(43-55-83)28-29-75-44-56-84(57-45-75)86(80-48-36-71(37-49-80)19-13-59-88-63-76-16-10-9-11-17-76)82-52-40-73(41-53-82)21-15-61-90-65-78-32-26-69(8-3)27-33-78/h8-11,16-17,22-27,30-57H,3-7,12-15,18-21,28-29,58-65H2,1-2H3/b23-22-. The second-order valence-electron chi connectivity index (χ2n) is 23.4. The van der Waals surface area contributed by atoms with Gasteiger partial charge in [0.05, 0.1) is 26.4 Å². The lowest BCUT2D eigenvalue weighted by Gasteiger charge is -2.26. The molecule has 90 heavy (non-hydrogen) atoms. The first-order valence-electron chi connectivity index (χ1n) is 32.6. The number of aryl methyl sites for hydroxylation is 7. The molecule has 0 saturated carbocycles. The average Bonchev–Trinajstić information content (AvgIpc) is 1.71. The third kappa shape index (κ3) is 21.3. The summed E-state index contributed by atoms with van der Waals surface area (Å²) >= 11 is 0. The summed E-state index contributed by atoms with van der Waals surface area (Å²) in [6, 6.07) is 82.1. The van der Waals surface area contributed by atoms with Gasteiger partial charge in [0.2, 0.25) is 0 Å². The molecule has 6 nitrogen and oxygen atoms in total. The van der Waals surface area contributed by atoms with E-state index in [0.717, 1.165) is 141 Å². The van der Waals surface area contributed by atoms with Gasteiger partial charge in [0.15, 0.2) is 0 Å². The highest BCUT2D eigenvalue weighted by Crippen LogP contribution is 2.37. The SMILES string of the molecule is C=Cc1ccc(COCCCc2ccc(N(c3ccc(CCCOCc4ccccc4)cc3)c3ccc(CCc4ccc(N(c5ccc(CCCOCC(=C)/C=C\C(=C)CC)cc5)c5ccc(CCCOCc6ccc(CC)cc6)cc5)cc4)cc3)cc2)cc1. The highest BCUT2D eigenvalue weighted by molar-refractivity contribution is 5.78. The molecule has 0 spiro atoms. The Labute approximate surface area is 538 Å². The number of ether oxygens (including phenoxy) is 4. The Morgan fingerprint density at radius 3 is 0.944 bits per heavy atom. The molecular weight excluding hydrogens is 1100 g/mol. The van der Waals surface area contributed by atoms with Gasteiger partial charge in [-0.3, -0.25) is 0 Å². The molecule has 0 amide bonds. The van der Waals surface area contributed by atoms with Gasteiger partial charge < -0.3 is 28.7 Å². The summed E-state index contributed by atoms with van der Waals surface area (Å²) in [4.78, 5) is 4.75. The predicted octanol–water partition coefficient (Wildman–Crippen LogP) is 21.1. The maximum atomic E-state index is 6.08. The van der Waals surface area contributed by atoms with E-state index in [1.54, 1.807) is 0 Å². The molecule has 0 N–H and O–H groups in total. The van der Waals surface area contributed by atoms with Crippen LogP contribution in [0.1, 0.15) is 107 Å². The first-order valence-corrected chi connectivity index (χ1v) is 32.6. The minimum absolute atomic E-state index is 0.529. The Morgan fingerprint density at radius 2 is 0.611 bits per heavy atom. The van der Waals surface area contributed by atoms with Crippen LogP contribution >= 0.6 is 0 Å². The molecule has 0 aliphatic rings. The van der Waals surface area contributed by atoms with E-state index in [0.29, 0.717) is 39.6 Å². The van der Waals surface area contributed by atoms with E-state index in [2.05, 4.69) is 262 Å². The van der Waals surface area contributed by atoms with E-state index in [-0.39, 0.29) is 0 Å². The predicted molar refractivity (Wildman–Crippen MR) is 379 cm³/mol. The molecule has 9 aromatic rings. The lowest BCUT2D eigenvalue weighted by molar-refractivity contribution is 0.118. The Bertz CT molecular complexity index is 3570. The van der Waals surface area contributed by atoms with Gasteiger partial charge in [-0.25, -0.2) is 0 Å². The monoisotopic (exact) mass is 1190 g/mol. The third-order valence-electron chi connectivity index (χ3n) is 16.5. The van der Waals surface area contributed by atoms with Gasteiger partial charge in [-0.2, -0.15) is 0 Å². The number of allylic oxidation sites excluding steroid dienone is 2. The molecule has 0 aliphatic heterocycles. The summed E-state index contributed by atoms with van der Waals surface area (Å²) in [6.07, 6.45) is 17.4. The van der Waals surface area contributed by atoms with Crippen LogP contribution in [0.15, 0.2) is 267 Å². The molecule has 462 valence electrons. The van der Waals surface area contributed by atoms with Crippen LogP contribution in [0.25, 0.3) is 6.08 Å². The molecule has 0 bridgehead atoms. The molecule has 0 aliphatic carbocycles. The maximum Gasteiger partial charge on any atom is 0.0716 e. The first kappa shape index (κ1) is 65.8. The number of nitrogens with zero attached hydrogens (tertiary/aromatic N) is 2. The number of anilines is 6. The Hall–Kier alpha value is -8.62. The minimum atomic E-state index is 0.529. The fourth-order valence-corrected chi connectivity index (χ4v) is 10.9. The van der Waals surface area contributed by atoms with Crippen molar-refractivity contribution in [3.63, 3.8) is 0 Å². The second kappa shape index (κ2) is 36.1. The highest BCUT2D eigenvalue weighted by Gasteiger charge is 2.16. The normalized spacial score (nSPS) is 11.3. The van der Waals surface area contributed by atoms with Crippen LogP contribution in [0.2, 0.25) is 0 Å². The van der Waals surface area contributed by atoms with Crippen molar-refractivity contribution >= 4 is 40.2 Å². The topological polar surface area (TPSA) is 43.4 Å². The van der Waals surface area contributed by atoms with E-state index in [4.69, 9.17) is 18.9 Å². The van der Waals surface area contributed by atoms with Crippen molar-refractivity contribution in [1.82, 2.24) is 0 Å². The summed E-state index contributed by atoms with van der Waals surface area (Å²) in [5, 5.41) is 0. The Morgan fingerprint density at radius 1 is 0.322 bits per heavy atom. The van der Waals surface area contributed by atoms with Crippen LogP contribution in [0.5, 0.6) is 0 Å². The van der Waals surface area contributed by atoms with Gasteiger partial charge in [0, 0.05) is 60.6 Å². The van der Waals surface area contributed by atoms with Crippen LogP contribution in [-0.2, 0) is 83.7 Å². The van der Waals surface area contributed by atoms with Crippen molar-refractivity contribution in [2.45, 2.75) is 111 Å². The first-order chi connectivity index (χ1) is 44.3. The van der Waals surface area contributed by atoms with Crippen LogP contribution in [0.4, 0.5) is 34.1 Å². The van der Waals surface area contributed by atoms with E-state index in [9.17, 15) is 0 Å². The molecule has 0 unspecified atom stereocenters. The van der Waals surface area contributed by atoms with Crippen molar-refractivity contribution in [2.24, 2.45) is 0 Å². The summed E-state index contributed by atoms with van der Waals surface area (Å²) in [5.41, 5.74) is 22.7. The van der Waals surface area contributed by atoms with Gasteiger partial charge in [-0.05, 0) is 217 Å². The molecule has 0 aromatic heterocycles. The molecule has 9 aromatic carbocycles. The average molecular weight is 1190 g/mol. The fraction of sp³-hybridized carbons (Fsp3) is 0.262. The van der Waals surface area contributed by atoms with Crippen molar-refractivity contribution in [3.8, 4) is 0 Å². The van der Waals surface area contributed by atoms with E-state index >= 15 is 0 Å². The molecule has 0 heterocycles. The van der Waals surface area contributed by atoms with Crippen LogP contribution in [0, 0.1) is 0 Å². The summed E-state index contributed by atoms with van der Waals surface area (Å²) in [6.45, 7) is 21.6. The fourth-order valence-electron chi connectivity index (χ4n) is 10.9. The van der Waals surface area contributed by atoms with Gasteiger partial charge in [0.1, 0.15) is 0 Å². The Kier molecular flexibility index (Phi) is 26.4. The molecule has 9 rings (SSSR count). The quantitative estimate of drug-likeness (QED) is 0.0284. The molecule has 0 atom stereocenters. The number of benzene rings is 9. The molecule has 0 radical (unpaired) electrons. The lowest BCUT2D eigenvalue weighted by Crippen LogP contribution is -2.10. The zero-order valence-corrected chi connectivity index (χ0v) is 53.4. The van der Waals surface area contributed by atoms with E-state index in [1.165, 1.54) is 55.6 Å². The largest absolute Gasteiger partial charge is 0.377 e. The highest BCUT2D eigenvalue weighted by atomic mass is 16.5. The zero-order valence-electron chi connectivity index (χ0n) is 53.4. The smallest absolute Gasteiger partial charge is 0.0716 e. The number of hydrogen-bond donors (Lipinski definition) is 0. The van der Waals surface area contributed by atoms with Crippen LogP contribution < -0.4 is 9.80 Å². The van der Waals surface area contributed by atoms with Crippen LogP contribution in [0.3, 0.4) is 0 Å². The number of rotatable bonds is 38. The molecule has 6 heteroatoms. The van der Waals surface area contributed by atoms with Gasteiger partial charge in [-0.1, -0.05) is 209 Å². The van der Waals surface area contributed by atoms with Crippen molar-refractivity contribution in [1.29, 1.82) is 0 Å². The molecule has 0 saturated heterocycles. The van der Waals surface area contributed by atoms with Crippen molar-refractivity contribution in [3.05, 3.63) is 329 Å². The summed E-state index contributed by atoms with van der Waals surface area (Å²) < 4.78 is 24.1.